The largest absolute Gasteiger partial charge is 0.508 e. The van der Waals surface area contributed by atoms with Crippen LogP contribution in [0.1, 0.15) is 36.6 Å². The predicted molar refractivity (Wildman–Crippen MR) is 146 cm³/mol. The van der Waals surface area contributed by atoms with Crippen LogP contribution in [0.4, 0.5) is 10.6 Å². The summed E-state index contributed by atoms with van der Waals surface area (Å²) in [4.78, 5) is 25.3. The molecule has 0 saturated carbocycles. The highest BCUT2D eigenvalue weighted by Crippen LogP contribution is 2.34. The summed E-state index contributed by atoms with van der Waals surface area (Å²) in [6.07, 6.45) is 4.90. The molecule has 5 rings (SSSR count). The summed E-state index contributed by atoms with van der Waals surface area (Å²) in [5.41, 5.74) is 3.10. The first-order valence-electron chi connectivity index (χ1n) is 12.4. The number of imidazole rings is 1. The smallest absolute Gasteiger partial charge is 0.497 e. The van der Waals surface area contributed by atoms with Gasteiger partial charge in [0, 0.05) is 6.42 Å². The third kappa shape index (κ3) is 5.75. The first-order valence-corrected chi connectivity index (χ1v) is 12.8. The normalized spacial score (nSPS) is 16.4. The number of anilines is 1. The lowest BCUT2D eigenvalue weighted by Crippen LogP contribution is -2.17. The molecule has 0 fully saturated rings. The molecule has 1 N–H and O–H groups in total. The molecule has 2 heterocycles. The van der Waals surface area contributed by atoms with E-state index in [0.717, 1.165) is 22.6 Å². The van der Waals surface area contributed by atoms with Gasteiger partial charge in [-0.1, -0.05) is 30.3 Å². The Labute approximate surface area is 230 Å². The number of allylic oxidation sites excluding steroid dienone is 1. The van der Waals surface area contributed by atoms with Crippen LogP contribution in [-0.4, -0.2) is 52.6 Å². The summed E-state index contributed by atoms with van der Waals surface area (Å²) < 4.78 is 22.8. The number of hydrogen-bond donors (Lipinski definition) is 1. The van der Waals surface area contributed by atoms with Crippen LogP contribution in [0.15, 0.2) is 67.0 Å². The molecule has 202 valence electrons. The molecule has 0 aliphatic heterocycles. The second-order valence-electron chi connectivity index (χ2n) is 8.82. The summed E-state index contributed by atoms with van der Waals surface area (Å²) in [5, 5.41) is 3.61. The van der Waals surface area contributed by atoms with Crippen molar-refractivity contribution in [3.05, 3.63) is 83.4 Å². The molecule has 10 nitrogen and oxygen atoms in total. The molecule has 39 heavy (non-hydrogen) atoms. The number of carbonyl (C=O) groups excluding carboxylic acids is 1. The van der Waals surface area contributed by atoms with Crippen LogP contribution >= 0.6 is 11.6 Å². The maximum Gasteiger partial charge on any atom is 0.508 e. The highest BCUT2D eigenvalue weighted by Gasteiger charge is 2.27. The van der Waals surface area contributed by atoms with E-state index in [2.05, 4.69) is 20.3 Å². The number of aromatic nitrogens is 4. The molecular formula is C28H28ClN5O5. The van der Waals surface area contributed by atoms with Gasteiger partial charge in [0.25, 0.3) is 0 Å². The number of halogens is 1. The van der Waals surface area contributed by atoms with Gasteiger partial charge in [0.15, 0.2) is 17.0 Å². The topological polar surface area (TPSA) is 110 Å². The summed E-state index contributed by atoms with van der Waals surface area (Å²) >= 11 is 6.41. The average molecular weight is 550 g/mol. The fourth-order valence-corrected chi connectivity index (χ4v) is 4.70. The SMILES string of the molecule is CCOC(=O)O[C@@H]1C=C[C@H](n2cnc3c(NC(c4ccc(OC)cc4)c4ccc(OC)cc4)nc(Cl)nc32)C1. The van der Waals surface area contributed by atoms with Gasteiger partial charge in [-0.25, -0.2) is 9.78 Å². The average Bonchev–Trinajstić information content (AvgIpc) is 3.59. The molecule has 4 aromatic rings. The van der Waals surface area contributed by atoms with E-state index in [1.54, 1.807) is 27.5 Å². The molecule has 11 heteroatoms. The van der Waals surface area contributed by atoms with E-state index in [4.69, 9.17) is 30.5 Å². The Morgan fingerprint density at radius 3 is 2.26 bits per heavy atom. The second-order valence-corrected chi connectivity index (χ2v) is 9.15. The number of methoxy groups -OCH3 is 2. The molecule has 2 atom stereocenters. The van der Waals surface area contributed by atoms with E-state index in [9.17, 15) is 4.79 Å². The fourth-order valence-electron chi connectivity index (χ4n) is 4.54. The van der Waals surface area contributed by atoms with E-state index < -0.39 is 12.3 Å². The van der Waals surface area contributed by atoms with Crippen LogP contribution in [0.5, 0.6) is 11.5 Å². The number of rotatable bonds is 9. The Balaban J connectivity index is 1.46. The molecule has 0 amide bonds. The van der Waals surface area contributed by atoms with E-state index in [-0.39, 0.29) is 24.0 Å². The van der Waals surface area contributed by atoms with Crippen LogP contribution < -0.4 is 14.8 Å². The zero-order chi connectivity index (χ0) is 27.4. The molecule has 0 radical (unpaired) electrons. The van der Waals surface area contributed by atoms with E-state index in [0.29, 0.717) is 23.4 Å². The highest BCUT2D eigenvalue weighted by atomic mass is 35.5. The van der Waals surface area contributed by atoms with Gasteiger partial charge in [-0.05, 0) is 60.0 Å². The Hall–Kier alpha value is -4.31. The monoisotopic (exact) mass is 549 g/mol. The third-order valence-corrected chi connectivity index (χ3v) is 6.63. The number of hydrogen-bond acceptors (Lipinski definition) is 9. The number of benzene rings is 2. The summed E-state index contributed by atoms with van der Waals surface area (Å²) in [6.45, 7) is 1.99. The predicted octanol–water partition coefficient (Wildman–Crippen LogP) is 5.74. The summed E-state index contributed by atoms with van der Waals surface area (Å²) in [5.74, 6) is 2.00. The van der Waals surface area contributed by atoms with E-state index >= 15 is 0 Å². The molecule has 0 spiro atoms. The molecule has 0 saturated heterocycles. The van der Waals surface area contributed by atoms with Crippen molar-refractivity contribution in [1.29, 1.82) is 0 Å². The van der Waals surface area contributed by atoms with E-state index in [1.807, 2.05) is 65.3 Å². The third-order valence-electron chi connectivity index (χ3n) is 6.46. The van der Waals surface area contributed by atoms with Crippen LogP contribution in [-0.2, 0) is 9.47 Å². The van der Waals surface area contributed by atoms with Crippen LogP contribution in [0.3, 0.4) is 0 Å². The van der Waals surface area contributed by atoms with Gasteiger partial charge in [-0.15, -0.1) is 0 Å². The molecule has 0 unspecified atom stereocenters. The van der Waals surface area contributed by atoms with Crippen molar-refractivity contribution in [3.8, 4) is 11.5 Å². The minimum Gasteiger partial charge on any atom is -0.497 e. The number of nitrogens with one attached hydrogen (secondary N) is 1. The standard InChI is InChI=1S/C28H28ClN5O5/c1-4-38-28(35)39-22-14-9-19(15-22)34-16-30-24-25(32-27(29)33-26(24)34)31-23(17-5-10-20(36-2)11-6-17)18-7-12-21(37-3)13-8-18/h5-14,16,19,22-23H,4,15H2,1-3H3,(H,31,32,33)/t19-,22+/m0/s1. The molecular weight excluding hydrogens is 522 g/mol. The maximum atomic E-state index is 11.7. The Morgan fingerprint density at radius 1 is 1.03 bits per heavy atom. The molecule has 1 aliphatic rings. The first-order chi connectivity index (χ1) is 19.0. The zero-order valence-electron chi connectivity index (χ0n) is 21.7. The lowest BCUT2D eigenvalue weighted by molar-refractivity contribution is 0.0387. The van der Waals surface area contributed by atoms with E-state index in [1.165, 1.54) is 0 Å². The maximum absolute atomic E-state index is 11.7. The minimum absolute atomic E-state index is 0.0799. The summed E-state index contributed by atoms with van der Waals surface area (Å²) in [6, 6.07) is 15.2. The highest BCUT2D eigenvalue weighted by molar-refractivity contribution is 6.28. The number of ether oxygens (including phenoxy) is 4. The second kappa shape index (κ2) is 11.6. The van der Waals surface area contributed by atoms with Crippen LogP contribution in [0.25, 0.3) is 11.2 Å². The van der Waals surface area contributed by atoms with Crippen molar-refractivity contribution in [3.63, 3.8) is 0 Å². The quantitative estimate of drug-likeness (QED) is 0.159. The van der Waals surface area contributed by atoms with Gasteiger partial charge in [0.1, 0.15) is 17.6 Å². The molecule has 2 aromatic heterocycles. The van der Waals surface area contributed by atoms with Gasteiger partial charge in [-0.3, -0.25) is 0 Å². The van der Waals surface area contributed by atoms with Crippen molar-refractivity contribution >= 4 is 34.7 Å². The zero-order valence-corrected chi connectivity index (χ0v) is 22.5. The fraction of sp³-hybridized carbons (Fsp3) is 0.286. The van der Waals surface area contributed by atoms with Crippen molar-refractivity contribution in [2.75, 3.05) is 26.1 Å². The van der Waals surface area contributed by atoms with Crippen molar-refractivity contribution < 1.29 is 23.7 Å². The number of fused-ring (bicyclic) bond motifs is 1. The van der Waals surface area contributed by atoms with Gasteiger partial charge in [0.05, 0.1) is 39.2 Å². The summed E-state index contributed by atoms with van der Waals surface area (Å²) in [7, 11) is 3.27. The van der Waals surface area contributed by atoms with Gasteiger partial charge >= 0.3 is 6.16 Å². The van der Waals surface area contributed by atoms with Crippen LogP contribution in [0, 0.1) is 0 Å². The first kappa shape index (κ1) is 26.3. The van der Waals surface area contributed by atoms with Crippen molar-refractivity contribution in [2.45, 2.75) is 31.5 Å². The van der Waals surface area contributed by atoms with Crippen LogP contribution in [0.2, 0.25) is 5.28 Å². The van der Waals surface area contributed by atoms with Crippen molar-refractivity contribution in [1.82, 2.24) is 19.5 Å². The van der Waals surface area contributed by atoms with Crippen molar-refractivity contribution in [2.24, 2.45) is 0 Å². The Bertz CT molecular complexity index is 1420. The lowest BCUT2D eigenvalue weighted by Gasteiger charge is -2.21. The molecule has 0 bridgehead atoms. The number of nitrogens with zero attached hydrogens (tertiary/aromatic N) is 4. The molecule has 2 aromatic carbocycles. The van der Waals surface area contributed by atoms with Gasteiger partial charge in [-0.2, -0.15) is 9.97 Å². The van der Waals surface area contributed by atoms with Gasteiger partial charge < -0.3 is 28.8 Å². The Morgan fingerprint density at radius 2 is 1.67 bits per heavy atom. The number of carbonyl (C=O) groups is 1. The Kier molecular flexibility index (Phi) is 7.83. The lowest BCUT2D eigenvalue weighted by atomic mass is 9.98. The van der Waals surface area contributed by atoms with Gasteiger partial charge in [0.2, 0.25) is 5.28 Å². The minimum atomic E-state index is -0.691. The molecule has 1 aliphatic carbocycles.